The fourth-order valence-electron chi connectivity index (χ4n) is 4.59. The van der Waals surface area contributed by atoms with E-state index in [2.05, 4.69) is 0 Å². The maximum absolute atomic E-state index is 13.8. The number of rotatable bonds is 17. The van der Waals surface area contributed by atoms with Crippen LogP contribution in [0, 0.1) is 0 Å². The number of carbonyl (C=O) groups is 2. The maximum atomic E-state index is 13.8. The summed E-state index contributed by atoms with van der Waals surface area (Å²) in [5.41, 5.74) is 3.10. The molecule has 44 heavy (non-hydrogen) atoms. The van der Waals surface area contributed by atoms with Crippen molar-refractivity contribution >= 4 is 11.8 Å². The second kappa shape index (κ2) is 17.5. The number of benzene rings is 4. The van der Waals surface area contributed by atoms with Gasteiger partial charge in [0.1, 0.15) is 24.7 Å². The zero-order valence-electron chi connectivity index (χ0n) is 25.4. The molecule has 0 fully saturated rings. The first-order valence-corrected chi connectivity index (χ1v) is 14.7. The van der Waals surface area contributed by atoms with Gasteiger partial charge in [0, 0.05) is 51.5 Å². The van der Waals surface area contributed by atoms with Crippen LogP contribution in [0.2, 0.25) is 0 Å². The van der Waals surface area contributed by atoms with Crippen LogP contribution in [0.4, 0.5) is 0 Å². The van der Waals surface area contributed by atoms with Crippen molar-refractivity contribution in [3.63, 3.8) is 0 Å². The van der Waals surface area contributed by atoms with Crippen molar-refractivity contribution in [3.8, 4) is 11.5 Å². The molecule has 0 bridgehead atoms. The van der Waals surface area contributed by atoms with Gasteiger partial charge in [-0.3, -0.25) is 9.59 Å². The average Bonchev–Trinajstić information content (AvgIpc) is 3.07. The molecule has 0 saturated heterocycles. The first kappa shape index (κ1) is 32.3. The highest BCUT2D eigenvalue weighted by Crippen LogP contribution is 2.18. The molecule has 0 unspecified atom stereocenters. The van der Waals surface area contributed by atoms with Crippen LogP contribution in [0.1, 0.15) is 31.8 Å². The lowest BCUT2D eigenvalue weighted by Crippen LogP contribution is -2.40. The van der Waals surface area contributed by atoms with E-state index in [1.54, 1.807) is 72.6 Å². The van der Waals surface area contributed by atoms with E-state index in [1.165, 1.54) is 0 Å². The Morgan fingerprint density at radius 2 is 0.864 bits per heavy atom. The fraction of sp³-hybridized carbons (Fsp3) is 0.278. The van der Waals surface area contributed by atoms with Gasteiger partial charge in [0.2, 0.25) is 0 Å². The molecule has 0 radical (unpaired) electrons. The Labute approximate surface area is 259 Å². The van der Waals surface area contributed by atoms with E-state index in [1.807, 2.05) is 60.7 Å². The van der Waals surface area contributed by atoms with E-state index < -0.39 is 0 Å². The summed E-state index contributed by atoms with van der Waals surface area (Å²) in [5.74, 6) is 1.09. The van der Waals surface area contributed by atoms with Gasteiger partial charge in [0.05, 0.1) is 13.2 Å². The number of hydrogen-bond acceptors (Lipinski definition) is 6. The monoisotopic (exact) mass is 596 g/mol. The third-order valence-electron chi connectivity index (χ3n) is 6.96. The molecule has 0 spiro atoms. The average molecular weight is 597 g/mol. The fourth-order valence-corrected chi connectivity index (χ4v) is 4.59. The Morgan fingerprint density at radius 3 is 1.20 bits per heavy atom. The summed E-state index contributed by atoms with van der Waals surface area (Å²) < 4.78 is 21.4. The van der Waals surface area contributed by atoms with Gasteiger partial charge < -0.3 is 28.7 Å². The highest BCUT2D eigenvalue weighted by Gasteiger charge is 2.21. The van der Waals surface area contributed by atoms with Crippen molar-refractivity contribution in [3.05, 3.63) is 131 Å². The summed E-state index contributed by atoms with van der Waals surface area (Å²) in [4.78, 5) is 31.2. The lowest BCUT2D eigenvalue weighted by atomic mass is 10.1. The molecular weight excluding hydrogens is 556 g/mol. The lowest BCUT2D eigenvalue weighted by Gasteiger charge is -2.29. The first-order valence-electron chi connectivity index (χ1n) is 14.7. The SMILES string of the molecule is COCCOc1ccc(C(=O)N(CCN(Cc2ccccc2)C(=O)c2ccc(OCCOC)cc2)Cc2ccccc2)cc1. The molecule has 0 atom stereocenters. The molecule has 230 valence electrons. The minimum atomic E-state index is -0.123. The number of hydrogen-bond donors (Lipinski definition) is 0. The summed E-state index contributed by atoms with van der Waals surface area (Å²) in [5, 5.41) is 0. The Hall–Kier alpha value is -4.66. The van der Waals surface area contributed by atoms with E-state index in [4.69, 9.17) is 18.9 Å². The van der Waals surface area contributed by atoms with Gasteiger partial charge in [-0.2, -0.15) is 0 Å². The largest absolute Gasteiger partial charge is 0.491 e. The highest BCUT2D eigenvalue weighted by molar-refractivity contribution is 5.95. The molecule has 0 aromatic heterocycles. The molecular formula is C36H40N2O6. The van der Waals surface area contributed by atoms with Crippen molar-refractivity contribution in [1.82, 2.24) is 9.80 Å². The summed E-state index contributed by atoms with van der Waals surface area (Å²) >= 11 is 0. The normalized spacial score (nSPS) is 10.7. The van der Waals surface area contributed by atoms with E-state index >= 15 is 0 Å². The molecule has 8 heteroatoms. The molecule has 0 aliphatic rings. The predicted molar refractivity (Wildman–Crippen MR) is 170 cm³/mol. The third-order valence-corrected chi connectivity index (χ3v) is 6.96. The second-order valence-electron chi connectivity index (χ2n) is 10.2. The Balaban J connectivity index is 1.52. The number of ether oxygens (including phenoxy) is 4. The van der Waals surface area contributed by atoms with Gasteiger partial charge in [-0.25, -0.2) is 0 Å². The minimum absolute atomic E-state index is 0.123. The van der Waals surface area contributed by atoms with Gasteiger partial charge in [0.25, 0.3) is 11.8 Å². The molecule has 4 aromatic carbocycles. The molecule has 0 aliphatic carbocycles. The number of amides is 2. The van der Waals surface area contributed by atoms with Crippen LogP contribution in [-0.4, -0.2) is 75.4 Å². The molecule has 2 amide bonds. The third kappa shape index (κ3) is 9.97. The van der Waals surface area contributed by atoms with Gasteiger partial charge >= 0.3 is 0 Å². The Morgan fingerprint density at radius 1 is 0.500 bits per heavy atom. The molecule has 4 aromatic rings. The summed E-state index contributed by atoms with van der Waals surface area (Å²) in [6, 6.07) is 33.9. The molecule has 0 aliphatic heterocycles. The minimum Gasteiger partial charge on any atom is -0.491 e. The number of methoxy groups -OCH3 is 2. The van der Waals surface area contributed by atoms with E-state index in [9.17, 15) is 9.59 Å². The number of nitrogens with zero attached hydrogens (tertiary/aromatic N) is 2. The zero-order valence-corrected chi connectivity index (χ0v) is 25.4. The topological polar surface area (TPSA) is 77.5 Å². The van der Waals surface area contributed by atoms with Crippen LogP contribution >= 0.6 is 0 Å². The quantitative estimate of drug-likeness (QED) is 0.145. The van der Waals surface area contributed by atoms with Crippen molar-refractivity contribution < 1.29 is 28.5 Å². The number of carbonyl (C=O) groups excluding carboxylic acids is 2. The van der Waals surface area contributed by atoms with Crippen LogP contribution in [0.15, 0.2) is 109 Å². The van der Waals surface area contributed by atoms with Crippen molar-refractivity contribution in [2.75, 3.05) is 53.7 Å². The Bertz CT molecular complexity index is 1300. The Kier molecular flexibility index (Phi) is 12.8. The van der Waals surface area contributed by atoms with Gasteiger partial charge in [-0.15, -0.1) is 0 Å². The summed E-state index contributed by atoms with van der Waals surface area (Å²) in [6.07, 6.45) is 0. The van der Waals surface area contributed by atoms with Crippen molar-refractivity contribution in [2.24, 2.45) is 0 Å². The van der Waals surface area contributed by atoms with E-state index in [-0.39, 0.29) is 11.8 Å². The molecule has 4 rings (SSSR count). The van der Waals surface area contributed by atoms with Gasteiger partial charge in [-0.1, -0.05) is 60.7 Å². The zero-order chi connectivity index (χ0) is 31.0. The highest BCUT2D eigenvalue weighted by atomic mass is 16.5. The van der Waals surface area contributed by atoms with Gasteiger partial charge in [0.15, 0.2) is 0 Å². The first-order chi connectivity index (χ1) is 21.6. The molecule has 0 N–H and O–H groups in total. The van der Waals surface area contributed by atoms with E-state index in [0.29, 0.717) is 75.2 Å². The maximum Gasteiger partial charge on any atom is 0.254 e. The van der Waals surface area contributed by atoms with Crippen molar-refractivity contribution in [2.45, 2.75) is 13.1 Å². The van der Waals surface area contributed by atoms with Crippen molar-refractivity contribution in [1.29, 1.82) is 0 Å². The molecule has 0 heterocycles. The van der Waals surface area contributed by atoms with Crippen LogP contribution < -0.4 is 9.47 Å². The standard InChI is InChI=1S/C36H40N2O6/c1-41-23-25-43-33-17-13-31(14-18-33)35(39)37(27-29-9-5-3-6-10-29)21-22-38(28-30-11-7-4-8-12-30)36(40)32-15-19-34(20-16-32)44-26-24-42-2/h3-20H,21-28H2,1-2H3. The summed E-state index contributed by atoms with van der Waals surface area (Å²) in [6.45, 7) is 3.33. The molecule has 0 saturated carbocycles. The lowest BCUT2D eigenvalue weighted by molar-refractivity contribution is 0.0644. The van der Waals surface area contributed by atoms with E-state index in [0.717, 1.165) is 11.1 Å². The summed E-state index contributed by atoms with van der Waals surface area (Å²) in [7, 11) is 3.24. The second-order valence-corrected chi connectivity index (χ2v) is 10.2. The smallest absolute Gasteiger partial charge is 0.254 e. The van der Waals surface area contributed by atoms with Crippen LogP contribution in [0.3, 0.4) is 0 Å². The molecule has 8 nitrogen and oxygen atoms in total. The van der Waals surface area contributed by atoms with Crippen LogP contribution in [0.25, 0.3) is 0 Å². The van der Waals surface area contributed by atoms with Crippen LogP contribution in [-0.2, 0) is 22.6 Å². The predicted octanol–water partition coefficient (Wildman–Crippen LogP) is 5.72. The van der Waals surface area contributed by atoms with Gasteiger partial charge in [-0.05, 0) is 59.7 Å². The van der Waals surface area contributed by atoms with Crippen LogP contribution in [0.5, 0.6) is 11.5 Å².